The number of ketones is 1. The summed E-state index contributed by atoms with van der Waals surface area (Å²) in [6.07, 6.45) is 5.11. The molecule has 1 atom stereocenters. The van der Waals surface area contributed by atoms with Gasteiger partial charge in [-0.05, 0) is 48.9 Å². The summed E-state index contributed by atoms with van der Waals surface area (Å²) in [5.41, 5.74) is 2.91. The zero-order chi connectivity index (χ0) is 23.7. The molecule has 34 heavy (non-hydrogen) atoms. The molecule has 1 saturated heterocycles. The van der Waals surface area contributed by atoms with Gasteiger partial charge in [0.15, 0.2) is 0 Å². The number of para-hydroxylation sites is 1. The van der Waals surface area contributed by atoms with Crippen LogP contribution in [0, 0.1) is 0 Å². The molecule has 0 spiro atoms. The molecule has 7 nitrogen and oxygen atoms in total. The highest BCUT2D eigenvalue weighted by Crippen LogP contribution is 2.42. The second-order valence-corrected chi connectivity index (χ2v) is 8.04. The molecule has 1 amide bonds. The summed E-state index contributed by atoms with van der Waals surface area (Å²) >= 11 is 0. The number of likely N-dealkylation sites (tertiary alicyclic amines) is 1. The second-order valence-electron chi connectivity index (χ2n) is 8.04. The molecule has 1 unspecified atom stereocenters. The van der Waals surface area contributed by atoms with E-state index in [-0.39, 0.29) is 17.9 Å². The molecule has 2 aromatic carbocycles. The second kappa shape index (κ2) is 8.86. The van der Waals surface area contributed by atoms with E-state index in [0.717, 1.165) is 22.0 Å². The molecule has 0 saturated carbocycles. The SMILES string of the molecule is CCOc1ccc(/C(O)=C2\C(=O)C(=O)N(Cc3cccnc3)C2c2c[nH]c3ccccc23)cc1. The molecular weight excluding hydrogens is 430 g/mol. The first-order chi connectivity index (χ1) is 16.6. The summed E-state index contributed by atoms with van der Waals surface area (Å²) < 4.78 is 5.48. The molecule has 0 radical (unpaired) electrons. The average molecular weight is 453 g/mol. The van der Waals surface area contributed by atoms with E-state index >= 15 is 0 Å². The van der Waals surface area contributed by atoms with Gasteiger partial charge in [-0.1, -0.05) is 24.3 Å². The van der Waals surface area contributed by atoms with Crippen LogP contribution in [0.25, 0.3) is 16.7 Å². The standard InChI is InChI=1S/C27H23N3O4/c1-2-34-19-11-9-18(10-12-19)25(31)23-24(21-15-29-22-8-4-3-7-20(21)22)30(27(33)26(23)32)16-17-6-5-13-28-14-17/h3-15,24,29,31H,2,16H2,1H3/b25-23+. The Morgan fingerprint density at radius 2 is 1.88 bits per heavy atom. The smallest absolute Gasteiger partial charge is 0.295 e. The molecule has 3 heterocycles. The number of aliphatic hydroxyl groups excluding tert-OH is 1. The quantitative estimate of drug-likeness (QED) is 0.253. The van der Waals surface area contributed by atoms with Crippen LogP contribution in [0.4, 0.5) is 0 Å². The van der Waals surface area contributed by atoms with Crippen LogP contribution in [0.1, 0.15) is 29.7 Å². The summed E-state index contributed by atoms with van der Waals surface area (Å²) in [7, 11) is 0. The van der Waals surface area contributed by atoms with Gasteiger partial charge in [0.1, 0.15) is 11.5 Å². The number of ether oxygens (including phenoxy) is 1. The highest BCUT2D eigenvalue weighted by Gasteiger charge is 2.46. The van der Waals surface area contributed by atoms with Crippen LogP contribution in [-0.2, 0) is 16.1 Å². The first-order valence-corrected chi connectivity index (χ1v) is 11.0. The van der Waals surface area contributed by atoms with E-state index in [1.165, 1.54) is 4.90 Å². The maximum atomic E-state index is 13.3. The normalized spacial score (nSPS) is 17.4. The predicted octanol–water partition coefficient (Wildman–Crippen LogP) is 4.58. The van der Waals surface area contributed by atoms with Crippen LogP contribution < -0.4 is 4.74 Å². The Labute approximate surface area is 196 Å². The summed E-state index contributed by atoms with van der Waals surface area (Å²) in [6.45, 7) is 2.59. The summed E-state index contributed by atoms with van der Waals surface area (Å²) in [5.74, 6) is -0.938. The number of carbonyl (C=O) groups is 2. The number of aliphatic hydroxyl groups is 1. The Bertz CT molecular complexity index is 1390. The number of rotatable bonds is 6. The van der Waals surface area contributed by atoms with E-state index in [1.54, 1.807) is 48.9 Å². The molecule has 5 rings (SSSR count). The predicted molar refractivity (Wildman–Crippen MR) is 128 cm³/mol. The highest BCUT2D eigenvalue weighted by atomic mass is 16.5. The lowest BCUT2D eigenvalue weighted by Crippen LogP contribution is -2.29. The van der Waals surface area contributed by atoms with Gasteiger partial charge in [-0.2, -0.15) is 0 Å². The number of hydrogen-bond acceptors (Lipinski definition) is 5. The lowest BCUT2D eigenvalue weighted by molar-refractivity contribution is -0.140. The highest BCUT2D eigenvalue weighted by molar-refractivity contribution is 6.46. The van der Waals surface area contributed by atoms with E-state index in [1.807, 2.05) is 37.3 Å². The molecule has 7 heteroatoms. The van der Waals surface area contributed by atoms with Gasteiger partial charge in [-0.25, -0.2) is 0 Å². The molecule has 0 bridgehead atoms. The Morgan fingerprint density at radius 3 is 2.62 bits per heavy atom. The number of pyridine rings is 1. The van der Waals surface area contributed by atoms with Gasteiger partial charge in [0.25, 0.3) is 11.7 Å². The van der Waals surface area contributed by atoms with Crippen molar-refractivity contribution in [3.8, 4) is 5.75 Å². The molecule has 2 aromatic heterocycles. The van der Waals surface area contributed by atoms with E-state index < -0.39 is 17.7 Å². The van der Waals surface area contributed by atoms with E-state index in [4.69, 9.17) is 4.74 Å². The third-order valence-electron chi connectivity index (χ3n) is 5.97. The zero-order valence-electron chi connectivity index (χ0n) is 18.6. The maximum absolute atomic E-state index is 13.3. The number of Topliss-reactive ketones (excluding diaryl/α,β-unsaturated/α-hetero) is 1. The number of nitrogens with one attached hydrogen (secondary N) is 1. The van der Waals surface area contributed by atoms with Crippen LogP contribution in [-0.4, -0.2) is 38.3 Å². The van der Waals surface area contributed by atoms with Gasteiger partial charge in [0.2, 0.25) is 0 Å². The van der Waals surface area contributed by atoms with Gasteiger partial charge in [-0.15, -0.1) is 0 Å². The molecule has 4 aromatic rings. The van der Waals surface area contributed by atoms with E-state index in [2.05, 4.69) is 9.97 Å². The molecule has 1 aliphatic rings. The van der Waals surface area contributed by atoms with Crippen molar-refractivity contribution in [2.75, 3.05) is 6.61 Å². The van der Waals surface area contributed by atoms with Gasteiger partial charge in [0.05, 0.1) is 18.2 Å². The number of nitrogens with zero attached hydrogens (tertiary/aromatic N) is 2. The van der Waals surface area contributed by atoms with Gasteiger partial charge in [-0.3, -0.25) is 14.6 Å². The lowest BCUT2D eigenvalue weighted by atomic mass is 9.95. The fourth-order valence-corrected chi connectivity index (χ4v) is 4.41. The van der Waals surface area contributed by atoms with Crippen molar-refractivity contribution in [3.63, 3.8) is 0 Å². The first-order valence-electron chi connectivity index (χ1n) is 11.0. The first kappa shape index (κ1) is 21.5. The summed E-state index contributed by atoms with van der Waals surface area (Å²) in [4.78, 5) is 35.3. The topological polar surface area (TPSA) is 95.5 Å². The fraction of sp³-hybridized carbons (Fsp3) is 0.148. The van der Waals surface area contributed by atoms with Crippen molar-refractivity contribution in [2.24, 2.45) is 0 Å². The average Bonchev–Trinajstić information content (AvgIpc) is 3.39. The number of aromatic nitrogens is 2. The molecule has 2 N–H and O–H groups in total. The maximum Gasteiger partial charge on any atom is 0.295 e. The lowest BCUT2D eigenvalue weighted by Gasteiger charge is -2.25. The Morgan fingerprint density at radius 1 is 1.09 bits per heavy atom. The largest absolute Gasteiger partial charge is 0.507 e. The van der Waals surface area contributed by atoms with Crippen LogP contribution in [0.15, 0.2) is 84.8 Å². The fourth-order valence-electron chi connectivity index (χ4n) is 4.41. The summed E-state index contributed by atoms with van der Waals surface area (Å²) in [6, 6.07) is 17.4. The van der Waals surface area contributed by atoms with Gasteiger partial charge >= 0.3 is 0 Å². The van der Waals surface area contributed by atoms with Gasteiger partial charge < -0.3 is 19.7 Å². The number of amides is 1. The Kier molecular flexibility index (Phi) is 5.59. The van der Waals surface area contributed by atoms with Crippen molar-refractivity contribution in [2.45, 2.75) is 19.5 Å². The van der Waals surface area contributed by atoms with E-state index in [0.29, 0.717) is 17.9 Å². The van der Waals surface area contributed by atoms with Gasteiger partial charge in [0, 0.05) is 47.2 Å². The zero-order valence-corrected chi connectivity index (χ0v) is 18.6. The summed E-state index contributed by atoms with van der Waals surface area (Å²) in [5, 5.41) is 12.1. The number of aromatic amines is 1. The molecular formula is C27H23N3O4. The van der Waals surface area contributed by atoms with Crippen LogP contribution in [0.3, 0.4) is 0 Å². The third-order valence-corrected chi connectivity index (χ3v) is 5.97. The van der Waals surface area contributed by atoms with E-state index in [9.17, 15) is 14.7 Å². The number of hydrogen-bond donors (Lipinski definition) is 2. The van der Waals surface area contributed by atoms with Crippen molar-refractivity contribution in [3.05, 3.63) is 102 Å². The number of fused-ring (bicyclic) bond motifs is 1. The van der Waals surface area contributed by atoms with Crippen LogP contribution >= 0.6 is 0 Å². The Balaban J connectivity index is 1.66. The minimum atomic E-state index is -0.761. The van der Waals surface area contributed by atoms with Crippen molar-refractivity contribution in [1.82, 2.24) is 14.9 Å². The number of H-pyrrole nitrogens is 1. The minimum Gasteiger partial charge on any atom is -0.507 e. The minimum absolute atomic E-state index is 0.0582. The molecule has 1 fully saturated rings. The van der Waals surface area contributed by atoms with Crippen molar-refractivity contribution < 1.29 is 19.4 Å². The van der Waals surface area contributed by atoms with Crippen molar-refractivity contribution >= 4 is 28.4 Å². The number of benzene rings is 2. The molecule has 1 aliphatic heterocycles. The van der Waals surface area contributed by atoms with Crippen molar-refractivity contribution in [1.29, 1.82) is 0 Å². The van der Waals surface area contributed by atoms with Crippen LogP contribution in [0.5, 0.6) is 5.75 Å². The number of carbonyl (C=O) groups excluding carboxylic acids is 2. The monoisotopic (exact) mass is 453 g/mol. The molecule has 0 aliphatic carbocycles. The molecule has 170 valence electrons. The third kappa shape index (κ3) is 3.71. The Hall–Kier alpha value is -4.39. The van der Waals surface area contributed by atoms with Crippen LogP contribution in [0.2, 0.25) is 0 Å².